The molecule has 0 spiro atoms. The average molecular weight is 444 g/mol. The SMILES string of the molecule is CCCCC1CCC(C(=O)Nc2scc(-c3ccc(OC)cc3)c2C(=O)OCC)CC1. The lowest BCUT2D eigenvalue weighted by atomic mass is 9.79. The number of methoxy groups -OCH3 is 1. The molecule has 2 aromatic rings. The summed E-state index contributed by atoms with van der Waals surface area (Å²) in [6, 6.07) is 7.54. The van der Waals surface area contributed by atoms with E-state index in [1.54, 1.807) is 14.0 Å². The summed E-state index contributed by atoms with van der Waals surface area (Å²) in [4.78, 5) is 25.7. The zero-order valence-corrected chi connectivity index (χ0v) is 19.6. The first kappa shape index (κ1) is 23.3. The van der Waals surface area contributed by atoms with Crippen LogP contribution in [0.4, 0.5) is 5.00 Å². The van der Waals surface area contributed by atoms with Gasteiger partial charge in [0.15, 0.2) is 0 Å². The first-order valence-electron chi connectivity index (χ1n) is 11.3. The van der Waals surface area contributed by atoms with Crippen LogP contribution in [-0.2, 0) is 9.53 Å². The molecule has 3 rings (SSSR count). The fourth-order valence-electron chi connectivity index (χ4n) is 4.26. The third kappa shape index (κ3) is 5.88. The number of nitrogens with one attached hydrogen (secondary N) is 1. The van der Waals surface area contributed by atoms with Crippen LogP contribution < -0.4 is 10.1 Å². The molecule has 1 fully saturated rings. The van der Waals surface area contributed by atoms with Gasteiger partial charge in [-0.25, -0.2) is 4.79 Å². The summed E-state index contributed by atoms with van der Waals surface area (Å²) in [6.07, 6.45) is 7.85. The summed E-state index contributed by atoms with van der Waals surface area (Å²) >= 11 is 1.38. The maximum absolute atomic E-state index is 13.0. The first-order valence-corrected chi connectivity index (χ1v) is 12.2. The highest BCUT2D eigenvalue weighted by Gasteiger charge is 2.28. The summed E-state index contributed by atoms with van der Waals surface area (Å²) in [7, 11) is 1.62. The molecule has 0 saturated heterocycles. The smallest absolute Gasteiger partial charge is 0.341 e. The lowest BCUT2D eigenvalue weighted by molar-refractivity contribution is -0.121. The number of thiophene rings is 1. The summed E-state index contributed by atoms with van der Waals surface area (Å²) in [5.41, 5.74) is 2.09. The number of rotatable bonds is 9. The molecule has 1 aromatic carbocycles. The Hall–Kier alpha value is -2.34. The van der Waals surface area contributed by atoms with Crippen LogP contribution in [0.2, 0.25) is 0 Å². The lowest BCUT2D eigenvalue weighted by Gasteiger charge is -2.27. The van der Waals surface area contributed by atoms with E-state index in [4.69, 9.17) is 9.47 Å². The van der Waals surface area contributed by atoms with Gasteiger partial charge in [-0.2, -0.15) is 0 Å². The van der Waals surface area contributed by atoms with Gasteiger partial charge < -0.3 is 14.8 Å². The van der Waals surface area contributed by atoms with E-state index in [-0.39, 0.29) is 18.4 Å². The highest BCUT2D eigenvalue weighted by molar-refractivity contribution is 7.15. The van der Waals surface area contributed by atoms with Gasteiger partial charge in [-0.05, 0) is 56.2 Å². The summed E-state index contributed by atoms with van der Waals surface area (Å²) < 4.78 is 10.5. The molecule has 1 heterocycles. The summed E-state index contributed by atoms with van der Waals surface area (Å²) in [6.45, 7) is 4.29. The number of carbonyl (C=O) groups is 2. The highest BCUT2D eigenvalue weighted by atomic mass is 32.1. The van der Waals surface area contributed by atoms with Crippen LogP contribution in [0.1, 0.15) is 69.2 Å². The van der Waals surface area contributed by atoms with Gasteiger partial charge in [0.2, 0.25) is 5.91 Å². The highest BCUT2D eigenvalue weighted by Crippen LogP contribution is 2.38. The summed E-state index contributed by atoms with van der Waals surface area (Å²) in [5, 5.41) is 5.52. The van der Waals surface area contributed by atoms with E-state index < -0.39 is 5.97 Å². The van der Waals surface area contributed by atoms with Crippen molar-refractivity contribution < 1.29 is 19.1 Å². The van der Waals surface area contributed by atoms with Crippen LogP contribution in [0.15, 0.2) is 29.6 Å². The lowest BCUT2D eigenvalue weighted by Crippen LogP contribution is -2.27. The Bertz CT molecular complexity index is 866. The number of anilines is 1. The molecule has 0 atom stereocenters. The quantitative estimate of drug-likeness (QED) is 0.447. The van der Waals surface area contributed by atoms with E-state index in [9.17, 15) is 9.59 Å². The Kier molecular flexibility index (Phi) is 8.52. The monoisotopic (exact) mass is 443 g/mol. The Balaban J connectivity index is 1.75. The van der Waals surface area contributed by atoms with Crippen molar-refractivity contribution in [1.29, 1.82) is 0 Å². The third-order valence-corrected chi connectivity index (χ3v) is 6.99. The number of amides is 1. The van der Waals surface area contributed by atoms with Gasteiger partial charge in [0.1, 0.15) is 16.3 Å². The van der Waals surface area contributed by atoms with Crippen molar-refractivity contribution in [2.45, 2.75) is 58.8 Å². The molecular formula is C25H33NO4S. The largest absolute Gasteiger partial charge is 0.497 e. The molecule has 31 heavy (non-hydrogen) atoms. The second kappa shape index (κ2) is 11.3. The van der Waals surface area contributed by atoms with Crippen LogP contribution >= 0.6 is 11.3 Å². The van der Waals surface area contributed by atoms with Gasteiger partial charge in [-0.1, -0.05) is 38.3 Å². The molecule has 1 aliphatic carbocycles. The number of benzene rings is 1. The Morgan fingerprint density at radius 2 is 1.81 bits per heavy atom. The van der Waals surface area contributed by atoms with Crippen LogP contribution in [0, 0.1) is 11.8 Å². The molecule has 6 heteroatoms. The van der Waals surface area contributed by atoms with Crippen LogP contribution in [0.25, 0.3) is 11.1 Å². The average Bonchev–Trinajstić information content (AvgIpc) is 3.21. The van der Waals surface area contributed by atoms with Crippen molar-refractivity contribution in [3.8, 4) is 16.9 Å². The van der Waals surface area contributed by atoms with E-state index >= 15 is 0 Å². The van der Waals surface area contributed by atoms with Crippen LogP contribution in [0.3, 0.4) is 0 Å². The van der Waals surface area contributed by atoms with Gasteiger partial charge in [0.05, 0.1) is 13.7 Å². The molecule has 168 valence electrons. The number of unbranched alkanes of at least 4 members (excludes halogenated alkanes) is 1. The van der Waals surface area contributed by atoms with E-state index in [1.165, 1.54) is 30.6 Å². The van der Waals surface area contributed by atoms with Crippen molar-refractivity contribution in [3.63, 3.8) is 0 Å². The molecule has 0 aliphatic heterocycles. The normalized spacial score (nSPS) is 18.4. The Morgan fingerprint density at radius 1 is 1.10 bits per heavy atom. The molecule has 1 saturated carbocycles. The van der Waals surface area contributed by atoms with Crippen LogP contribution in [0.5, 0.6) is 5.75 Å². The van der Waals surface area contributed by atoms with E-state index in [2.05, 4.69) is 12.2 Å². The topological polar surface area (TPSA) is 64.6 Å². The number of carbonyl (C=O) groups excluding carboxylic acids is 2. The Morgan fingerprint density at radius 3 is 2.42 bits per heavy atom. The third-order valence-electron chi connectivity index (χ3n) is 6.09. The molecule has 1 aromatic heterocycles. The zero-order chi connectivity index (χ0) is 22.2. The minimum absolute atomic E-state index is 0.0134. The standard InChI is InChI=1S/C25H33NO4S/c1-4-6-7-17-8-10-19(11-9-17)23(27)26-24-22(25(28)30-5-2)21(16-31-24)18-12-14-20(29-3)15-13-18/h12-17,19H,4-11H2,1-3H3,(H,26,27). The first-order chi connectivity index (χ1) is 15.1. The second-order valence-corrected chi connectivity index (χ2v) is 9.03. The van der Waals surface area contributed by atoms with Crippen molar-refractivity contribution in [2.24, 2.45) is 11.8 Å². The van der Waals surface area contributed by atoms with Crippen molar-refractivity contribution in [2.75, 3.05) is 19.0 Å². The predicted octanol–water partition coefficient (Wildman–Crippen LogP) is 6.54. The van der Waals surface area contributed by atoms with E-state index in [0.29, 0.717) is 10.6 Å². The van der Waals surface area contributed by atoms with Gasteiger partial charge in [-0.3, -0.25) is 4.79 Å². The molecule has 0 unspecified atom stereocenters. The van der Waals surface area contributed by atoms with E-state index in [0.717, 1.165) is 48.5 Å². The van der Waals surface area contributed by atoms with Crippen molar-refractivity contribution in [1.82, 2.24) is 0 Å². The molecular weight excluding hydrogens is 410 g/mol. The van der Waals surface area contributed by atoms with E-state index in [1.807, 2.05) is 29.6 Å². The molecule has 1 aliphatic rings. The van der Waals surface area contributed by atoms with Crippen molar-refractivity contribution in [3.05, 3.63) is 35.2 Å². The fourth-order valence-corrected chi connectivity index (χ4v) is 5.22. The predicted molar refractivity (Wildman–Crippen MR) is 126 cm³/mol. The molecule has 0 bridgehead atoms. The second-order valence-electron chi connectivity index (χ2n) is 8.15. The van der Waals surface area contributed by atoms with Gasteiger partial charge in [0.25, 0.3) is 0 Å². The maximum Gasteiger partial charge on any atom is 0.341 e. The number of hydrogen-bond acceptors (Lipinski definition) is 5. The molecule has 5 nitrogen and oxygen atoms in total. The van der Waals surface area contributed by atoms with Crippen molar-refractivity contribution >= 4 is 28.2 Å². The maximum atomic E-state index is 13.0. The number of ether oxygens (including phenoxy) is 2. The molecule has 0 radical (unpaired) electrons. The number of esters is 1. The zero-order valence-electron chi connectivity index (χ0n) is 18.7. The Labute approximate surface area is 189 Å². The fraction of sp³-hybridized carbons (Fsp3) is 0.520. The molecule has 1 N–H and O–H groups in total. The minimum Gasteiger partial charge on any atom is -0.497 e. The number of hydrogen-bond donors (Lipinski definition) is 1. The van der Waals surface area contributed by atoms with Crippen LogP contribution in [-0.4, -0.2) is 25.6 Å². The van der Waals surface area contributed by atoms with Gasteiger partial charge >= 0.3 is 5.97 Å². The molecule has 1 amide bonds. The minimum atomic E-state index is -0.409. The van der Waals surface area contributed by atoms with Gasteiger partial charge in [-0.15, -0.1) is 11.3 Å². The summed E-state index contributed by atoms with van der Waals surface area (Å²) in [5.74, 6) is 1.12. The van der Waals surface area contributed by atoms with Gasteiger partial charge in [0, 0.05) is 16.9 Å².